The number of hydrogen-bond donors (Lipinski definition) is 1. The molecule has 128 valence electrons. The summed E-state index contributed by atoms with van der Waals surface area (Å²) < 4.78 is 8.91. The summed E-state index contributed by atoms with van der Waals surface area (Å²) in [5.41, 5.74) is 2.81. The lowest BCUT2D eigenvalue weighted by molar-refractivity contribution is -0.111. The third-order valence-electron chi connectivity index (χ3n) is 3.71. The first kappa shape index (κ1) is 17.3. The van der Waals surface area contributed by atoms with Crippen LogP contribution in [-0.2, 0) is 9.53 Å². The fourth-order valence-corrected chi connectivity index (χ4v) is 3.21. The standard InChI is InChI=1S/C20H19NO3S/c1-12(2)24-18-11-17(22)20(23)19-15(18)5-4-6-16(19)21-25-14-9-7-13(3)8-10-14/h4-12,21H,1-3H3. The molecule has 0 spiro atoms. The van der Waals surface area contributed by atoms with Crippen molar-refractivity contribution in [3.8, 4) is 0 Å². The third kappa shape index (κ3) is 3.77. The van der Waals surface area contributed by atoms with Gasteiger partial charge in [-0.1, -0.05) is 29.8 Å². The lowest BCUT2D eigenvalue weighted by Gasteiger charge is -2.21. The molecule has 0 radical (unpaired) electrons. The van der Waals surface area contributed by atoms with Crippen LogP contribution in [0.3, 0.4) is 0 Å². The number of rotatable bonds is 5. The molecule has 0 atom stereocenters. The molecule has 3 rings (SSSR count). The summed E-state index contributed by atoms with van der Waals surface area (Å²) in [5, 5.41) is 0. The lowest BCUT2D eigenvalue weighted by Crippen LogP contribution is -2.21. The van der Waals surface area contributed by atoms with Crippen LogP contribution in [0, 0.1) is 6.92 Å². The quantitative estimate of drug-likeness (QED) is 0.626. The lowest BCUT2D eigenvalue weighted by atomic mass is 9.92. The summed E-state index contributed by atoms with van der Waals surface area (Å²) in [6.45, 7) is 5.80. The molecule has 25 heavy (non-hydrogen) atoms. The molecule has 0 fully saturated rings. The van der Waals surface area contributed by atoms with Gasteiger partial charge in [0.05, 0.1) is 17.4 Å². The van der Waals surface area contributed by atoms with Crippen molar-refractivity contribution in [2.24, 2.45) is 0 Å². The number of allylic oxidation sites excluding steroid dienone is 1. The predicted octanol–water partition coefficient (Wildman–Crippen LogP) is 4.65. The molecule has 0 amide bonds. The molecule has 0 bridgehead atoms. The Morgan fingerprint density at radius 3 is 2.44 bits per heavy atom. The fraction of sp³-hybridized carbons (Fsp3) is 0.200. The average molecular weight is 353 g/mol. The molecule has 0 heterocycles. The van der Waals surface area contributed by atoms with E-state index in [0.29, 0.717) is 22.6 Å². The van der Waals surface area contributed by atoms with Gasteiger partial charge in [-0.05, 0) is 50.9 Å². The van der Waals surface area contributed by atoms with Crippen LogP contribution in [0.4, 0.5) is 5.69 Å². The van der Waals surface area contributed by atoms with Gasteiger partial charge in [-0.15, -0.1) is 0 Å². The highest BCUT2D eigenvalue weighted by atomic mass is 32.2. The minimum absolute atomic E-state index is 0.0846. The highest BCUT2D eigenvalue weighted by Crippen LogP contribution is 2.34. The Labute approximate surface area is 151 Å². The van der Waals surface area contributed by atoms with Gasteiger partial charge in [0.25, 0.3) is 0 Å². The van der Waals surface area contributed by atoms with Crippen LogP contribution in [0.25, 0.3) is 5.76 Å². The number of benzene rings is 2. The van der Waals surface area contributed by atoms with Crippen molar-refractivity contribution in [2.45, 2.75) is 31.8 Å². The molecule has 5 heteroatoms. The van der Waals surface area contributed by atoms with E-state index >= 15 is 0 Å². The molecule has 1 aliphatic rings. The van der Waals surface area contributed by atoms with Crippen LogP contribution in [0.2, 0.25) is 0 Å². The topological polar surface area (TPSA) is 55.4 Å². The summed E-state index contributed by atoms with van der Waals surface area (Å²) >= 11 is 1.40. The van der Waals surface area contributed by atoms with Crippen molar-refractivity contribution >= 4 is 35.0 Å². The van der Waals surface area contributed by atoms with Gasteiger partial charge in [-0.3, -0.25) is 9.59 Å². The molecule has 4 nitrogen and oxygen atoms in total. The van der Waals surface area contributed by atoms with Gasteiger partial charge in [0.1, 0.15) is 5.76 Å². The maximum absolute atomic E-state index is 12.4. The van der Waals surface area contributed by atoms with Crippen molar-refractivity contribution in [1.29, 1.82) is 0 Å². The highest BCUT2D eigenvalue weighted by Gasteiger charge is 2.29. The Balaban J connectivity index is 1.92. The van der Waals surface area contributed by atoms with E-state index in [-0.39, 0.29) is 6.10 Å². The number of Topliss-reactive ketones (excluding diaryl/α,β-unsaturated/α-hetero) is 1. The Kier molecular flexibility index (Phi) is 4.95. The van der Waals surface area contributed by atoms with Gasteiger partial charge in [0.15, 0.2) is 0 Å². The number of ether oxygens (including phenoxy) is 1. The summed E-state index contributed by atoms with van der Waals surface area (Å²) in [5.74, 6) is -0.630. The molecule has 0 aliphatic heterocycles. The molecule has 2 aromatic carbocycles. The van der Waals surface area contributed by atoms with Gasteiger partial charge in [-0.2, -0.15) is 0 Å². The number of carbonyl (C=O) groups is 2. The Morgan fingerprint density at radius 1 is 1.04 bits per heavy atom. The molecular formula is C20H19NO3S. The monoisotopic (exact) mass is 353 g/mol. The number of anilines is 1. The third-order valence-corrected chi connectivity index (χ3v) is 4.54. The number of hydrogen-bond acceptors (Lipinski definition) is 5. The average Bonchev–Trinajstić information content (AvgIpc) is 2.58. The number of ketones is 2. The van der Waals surface area contributed by atoms with Crippen LogP contribution in [0.5, 0.6) is 0 Å². The van der Waals surface area contributed by atoms with Crippen molar-refractivity contribution < 1.29 is 14.3 Å². The zero-order chi connectivity index (χ0) is 18.0. The Morgan fingerprint density at radius 2 is 1.76 bits per heavy atom. The van der Waals surface area contributed by atoms with E-state index < -0.39 is 11.6 Å². The Bertz CT molecular complexity index is 854. The zero-order valence-corrected chi connectivity index (χ0v) is 15.1. The van der Waals surface area contributed by atoms with Gasteiger partial charge in [0.2, 0.25) is 11.6 Å². The molecular weight excluding hydrogens is 334 g/mol. The second-order valence-corrected chi connectivity index (χ2v) is 6.99. The molecule has 0 saturated carbocycles. The van der Waals surface area contributed by atoms with E-state index in [9.17, 15) is 9.59 Å². The number of fused-ring (bicyclic) bond motifs is 1. The fourth-order valence-electron chi connectivity index (χ4n) is 2.54. The highest BCUT2D eigenvalue weighted by molar-refractivity contribution is 8.00. The minimum atomic E-state index is -0.558. The number of aryl methyl sites for hydroxylation is 1. The maximum Gasteiger partial charge on any atom is 0.235 e. The van der Waals surface area contributed by atoms with E-state index in [1.165, 1.54) is 23.6 Å². The summed E-state index contributed by atoms with van der Waals surface area (Å²) in [4.78, 5) is 25.5. The van der Waals surface area contributed by atoms with Crippen LogP contribution in [-0.4, -0.2) is 17.7 Å². The normalized spacial score (nSPS) is 13.5. The molecule has 1 aliphatic carbocycles. The van der Waals surface area contributed by atoms with E-state index in [2.05, 4.69) is 4.72 Å². The molecule has 0 aromatic heterocycles. The largest absolute Gasteiger partial charge is 0.490 e. The summed E-state index contributed by atoms with van der Waals surface area (Å²) in [6.07, 6.45) is 1.19. The van der Waals surface area contributed by atoms with E-state index in [4.69, 9.17) is 4.74 Å². The number of carbonyl (C=O) groups excluding carboxylic acids is 2. The van der Waals surface area contributed by atoms with Gasteiger partial charge >= 0.3 is 0 Å². The molecule has 2 aromatic rings. The Hall–Kier alpha value is -2.53. The molecule has 1 N–H and O–H groups in total. The van der Waals surface area contributed by atoms with Crippen molar-refractivity contribution in [3.63, 3.8) is 0 Å². The molecule has 0 saturated heterocycles. The van der Waals surface area contributed by atoms with E-state index in [1.54, 1.807) is 12.1 Å². The SMILES string of the molecule is Cc1ccc(SNc2cccc3c2C(=O)C(=O)C=C3OC(C)C)cc1. The summed E-state index contributed by atoms with van der Waals surface area (Å²) in [6, 6.07) is 13.5. The second-order valence-electron chi connectivity index (χ2n) is 6.11. The van der Waals surface area contributed by atoms with Gasteiger partial charge < -0.3 is 9.46 Å². The van der Waals surface area contributed by atoms with E-state index in [1.807, 2.05) is 51.1 Å². The van der Waals surface area contributed by atoms with Gasteiger partial charge in [0, 0.05) is 16.5 Å². The first-order valence-electron chi connectivity index (χ1n) is 8.05. The maximum atomic E-state index is 12.4. The first-order chi connectivity index (χ1) is 12.0. The smallest absolute Gasteiger partial charge is 0.235 e. The van der Waals surface area contributed by atoms with Crippen LogP contribution >= 0.6 is 11.9 Å². The van der Waals surface area contributed by atoms with Crippen molar-refractivity contribution in [3.05, 3.63) is 65.2 Å². The first-order valence-corrected chi connectivity index (χ1v) is 8.87. The van der Waals surface area contributed by atoms with E-state index in [0.717, 1.165) is 4.90 Å². The minimum Gasteiger partial charge on any atom is -0.490 e. The molecule has 0 unspecified atom stereocenters. The zero-order valence-electron chi connectivity index (χ0n) is 14.3. The van der Waals surface area contributed by atoms with Crippen molar-refractivity contribution in [1.82, 2.24) is 0 Å². The second kappa shape index (κ2) is 7.15. The van der Waals surface area contributed by atoms with Crippen LogP contribution in [0.15, 0.2) is 53.4 Å². The van der Waals surface area contributed by atoms with Crippen LogP contribution in [0.1, 0.15) is 35.3 Å². The summed E-state index contributed by atoms with van der Waals surface area (Å²) in [7, 11) is 0. The van der Waals surface area contributed by atoms with Crippen molar-refractivity contribution in [2.75, 3.05) is 4.72 Å². The van der Waals surface area contributed by atoms with Crippen LogP contribution < -0.4 is 4.72 Å². The number of nitrogens with one attached hydrogen (secondary N) is 1. The predicted molar refractivity (Wildman–Crippen MR) is 101 cm³/mol. The van der Waals surface area contributed by atoms with Gasteiger partial charge in [-0.25, -0.2) is 0 Å².